The number of carbonyl (C=O) groups excluding carboxylic acids is 3. The Morgan fingerprint density at radius 1 is 0.919 bits per heavy atom. The second-order valence-corrected chi connectivity index (χ2v) is 8.74. The summed E-state index contributed by atoms with van der Waals surface area (Å²) < 4.78 is 27.3. The molecule has 0 saturated carbocycles. The van der Waals surface area contributed by atoms with Gasteiger partial charge >= 0.3 is 6.03 Å². The van der Waals surface area contributed by atoms with Crippen molar-refractivity contribution in [2.45, 2.75) is 26.2 Å². The molecule has 3 aromatic carbocycles. The van der Waals surface area contributed by atoms with Crippen LogP contribution in [0.2, 0.25) is 0 Å². The molecule has 1 heterocycles. The summed E-state index contributed by atoms with van der Waals surface area (Å²) in [5, 5.41) is 5.54. The molecule has 4 N–H and O–H groups in total. The Balaban J connectivity index is 1.58. The summed E-state index contributed by atoms with van der Waals surface area (Å²) in [7, 11) is 0. The Labute approximate surface area is 213 Å². The average molecular weight is 508 g/mol. The van der Waals surface area contributed by atoms with Crippen molar-refractivity contribution in [2.75, 3.05) is 18.4 Å². The summed E-state index contributed by atoms with van der Waals surface area (Å²) in [6.07, 6.45) is -1.30. The van der Waals surface area contributed by atoms with E-state index in [1.54, 1.807) is 18.2 Å². The molecule has 1 unspecified atom stereocenters. The molecule has 192 valence electrons. The number of hydrogen-bond acceptors (Lipinski definition) is 4. The number of amides is 4. The highest BCUT2D eigenvalue weighted by atomic mass is 19.2. The van der Waals surface area contributed by atoms with E-state index in [1.165, 1.54) is 9.80 Å². The lowest BCUT2D eigenvalue weighted by molar-refractivity contribution is -0.128. The molecule has 10 heteroatoms. The zero-order valence-corrected chi connectivity index (χ0v) is 20.2. The highest BCUT2D eigenvalue weighted by Gasteiger charge is 2.43. The molecular weight excluding hydrogens is 480 g/mol. The van der Waals surface area contributed by atoms with Gasteiger partial charge < -0.3 is 21.3 Å². The highest BCUT2D eigenvalue weighted by Crippen LogP contribution is 2.22. The Kier molecular flexibility index (Phi) is 7.78. The van der Waals surface area contributed by atoms with E-state index in [4.69, 9.17) is 5.73 Å². The van der Waals surface area contributed by atoms with Crippen LogP contribution in [-0.4, -0.2) is 46.9 Å². The molecule has 4 amide bonds. The molecule has 8 nitrogen and oxygen atoms in total. The highest BCUT2D eigenvalue weighted by molar-refractivity contribution is 6.00. The molecule has 1 fully saturated rings. The van der Waals surface area contributed by atoms with Crippen molar-refractivity contribution in [1.82, 2.24) is 15.1 Å². The van der Waals surface area contributed by atoms with Crippen molar-refractivity contribution in [2.24, 2.45) is 5.73 Å². The summed E-state index contributed by atoms with van der Waals surface area (Å²) in [5.41, 5.74) is 8.72. The van der Waals surface area contributed by atoms with Crippen molar-refractivity contribution in [3.05, 3.63) is 101 Å². The quantitative estimate of drug-likeness (QED) is 0.476. The summed E-state index contributed by atoms with van der Waals surface area (Å²) in [5.74, 6) is -3.56. The maximum absolute atomic E-state index is 13.8. The van der Waals surface area contributed by atoms with Gasteiger partial charge in [-0.15, -0.1) is 0 Å². The van der Waals surface area contributed by atoms with Gasteiger partial charge in [0.25, 0.3) is 11.8 Å². The predicted octanol–water partition coefficient (Wildman–Crippen LogP) is 3.36. The van der Waals surface area contributed by atoms with Crippen molar-refractivity contribution in [3.63, 3.8) is 0 Å². The van der Waals surface area contributed by atoms with Crippen LogP contribution in [0.4, 0.5) is 19.3 Å². The van der Waals surface area contributed by atoms with Gasteiger partial charge in [-0.1, -0.05) is 36.4 Å². The topological polar surface area (TPSA) is 108 Å². The first-order valence-electron chi connectivity index (χ1n) is 11.7. The van der Waals surface area contributed by atoms with E-state index in [0.29, 0.717) is 12.2 Å². The van der Waals surface area contributed by atoms with Gasteiger partial charge in [-0.25, -0.2) is 13.6 Å². The van der Waals surface area contributed by atoms with Crippen LogP contribution in [0.1, 0.15) is 27.0 Å². The Hall–Kier alpha value is -4.31. The fraction of sp³-hybridized carbons (Fsp3) is 0.222. The van der Waals surface area contributed by atoms with E-state index in [2.05, 4.69) is 10.6 Å². The number of anilines is 1. The first kappa shape index (κ1) is 25.8. The predicted molar refractivity (Wildman–Crippen MR) is 134 cm³/mol. The number of rotatable bonds is 6. The molecule has 1 atom stereocenters. The van der Waals surface area contributed by atoms with Gasteiger partial charge in [0.2, 0.25) is 0 Å². The van der Waals surface area contributed by atoms with E-state index >= 15 is 0 Å². The molecule has 4 rings (SSSR count). The standard InChI is InChI=1S/C27H27F2N5O3/c1-17-4-2-7-21(12-17)32-27(37)34-11-10-33(26(36)20-8-9-22(28)23(29)14-20)25(34)24(35)31-16-19-6-3-5-18(13-19)15-30/h2-9,12-14,25H,10-11,15-16,30H2,1H3,(H,31,35)(H,32,37). The van der Waals surface area contributed by atoms with E-state index in [9.17, 15) is 23.2 Å². The molecule has 0 aromatic heterocycles. The second-order valence-electron chi connectivity index (χ2n) is 8.74. The molecule has 37 heavy (non-hydrogen) atoms. The summed E-state index contributed by atoms with van der Waals surface area (Å²) in [4.78, 5) is 42.2. The Bertz CT molecular complexity index is 1330. The number of halogens is 2. The summed E-state index contributed by atoms with van der Waals surface area (Å²) in [6.45, 7) is 2.45. The van der Waals surface area contributed by atoms with Crippen molar-refractivity contribution >= 4 is 23.5 Å². The average Bonchev–Trinajstić information content (AvgIpc) is 3.34. The van der Waals surface area contributed by atoms with Crippen LogP contribution in [0.3, 0.4) is 0 Å². The molecule has 0 bridgehead atoms. The van der Waals surface area contributed by atoms with Gasteiger partial charge in [-0.2, -0.15) is 0 Å². The SMILES string of the molecule is Cc1cccc(NC(=O)N2CCN(C(=O)c3ccc(F)c(F)c3)C2C(=O)NCc2cccc(CN)c2)c1. The summed E-state index contributed by atoms with van der Waals surface area (Å²) >= 11 is 0. The molecule has 1 aliphatic heterocycles. The number of benzene rings is 3. The number of aryl methyl sites for hydroxylation is 1. The van der Waals surface area contributed by atoms with Crippen molar-refractivity contribution < 1.29 is 23.2 Å². The van der Waals surface area contributed by atoms with Crippen LogP contribution in [0, 0.1) is 18.6 Å². The first-order valence-corrected chi connectivity index (χ1v) is 11.7. The lowest BCUT2D eigenvalue weighted by Crippen LogP contribution is -2.54. The fourth-order valence-electron chi connectivity index (χ4n) is 4.20. The van der Waals surface area contributed by atoms with Gasteiger partial charge in [0.05, 0.1) is 0 Å². The maximum atomic E-state index is 13.8. The van der Waals surface area contributed by atoms with Crippen LogP contribution < -0.4 is 16.4 Å². The smallest absolute Gasteiger partial charge is 0.323 e. The minimum atomic E-state index is -1.30. The van der Waals surface area contributed by atoms with Crippen LogP contribution >= 0.6 is 0 Å². The third kappa shape index (κ3) is 5.92. The largest absolute Gasteiger partial charge is 0.349 e. The minimum absolute atomic E-state index is 0.0276. The second kappa shape index (κ2) is 11.2. The zero-order valence-electron chi connectivity index (χ0n) is 20.2. The van der Waals surface area contributed by atoms with E-state index in [0.717, 1.165) is 34.9 Å². The van der Waals surface area contributed by atoms with Gasteiger partial charge in [0.1, 0.15) is 0 Å². The van der Waals surface area contributed by atoms with Gasteiger partial charge in [-0.05, 0) is 53.9 Å². The van der Waals surface area contributed by atoms with Gasteiger partial charge in [0, 0.05) is 37.4 Å². The van der Waals surface area contributed by atoms with Gasteiger partial charge in [0.15, 0.2) is 17.8 Å². The molecular formula is C27H27F2N5O3. The van der Waals surface area contributed by atoms with E-state index in [1.807, 2.05) is 37.3 Å². The molecule has 0 aliphatic carbocycles. The number of urea groups is 1. The maximum Gasteiger partial charge on any atom is 0.323 e. The normalized spacial score (nSPS) is 15.0. The van der Waals surface area contributed by atoms with E-state index in [-0.39, 0.29) is 25.2 Å². The molecule has 1 aliphatic rings. The molecule has 3 aromatic rings. The number of hydrogen-bond donors (Lipinski definition) is 3. The number of nitrogens with one attached hydrogen (secondary N) is 2. The third-order valence-corrected chi connectivity index (χ3v) is 6.06. The number of nitrogens with two attached hydrogens (primary N) is 1. The first-order chi connectivity index (χ1) is 17.8. The Morgan fingerprint density at radius 3 is 2.38 bits per heavy atom. The van der Waals surface area contributed by atoms with E-state index < -0.39 is 35.6 Å². The van der Waals surface area contributed by atoms with Crippen LogP contribution in [0.5, 0.6) is 0 Å². The minimum Gasteiger partial charge on any atom is -0.349 e. The van der Waals surface area contributed by atoms with Crippen molar-refractivity contribution in [1.29, 1.82) is 0 Å². The van der Waals surface area contributed by atoms with Gasteiger partial charge in [-0.3, -0.25) is 14.5 Å². The Morgan fingerprint density at radius 2 is 1.65 bits per heavy atom. The number of nitrogens with zero attached hydrogens (tertiary/aromatic N) is 2. The molecule has 1 saturated heterocycles. The lowest BCUT2D eigenvalue weighted by Gasteiger charge is -2.29. The summed E-state index contributed by atoms with van der Waals surface area (Å²) in [6, 6.07) is 16.7. The molecule has 0 spiro atoms. The third-order valence-electron chi connectivity index (χ3n) is 6.06. The van der Waals surface area contributed by atoms with Crippen LogP contribution in [-0.2, 0) is 17.9 Å². The molecule has 0 radical (unpaired) electrons. The monoisotopic (exact) mass is 507 g/mol. The lowest BCUT2D eigenvalue weighted by atomic mass is 10.1. The zero-order chi connectivity index (χ0) is 26.5. The number of carbonyl (C=O) groups is 3. The van der Waals surface area contributed by atoms with Crippen molar-refractivity contribution in [3.8, 4) is 0 Å². The van der Waals surface area contributed by atoms with Crippen LogP contribution in [0.25, 0.3) is 0 Å². The van der Waals surface area contributed by atoms with Crippen LogP contribution in [0.15, 0.2) is 66.7 Å². The fourth-order valence-corrected chi connectivity index (χ4v) is 4.20.